The van der Waals surface area contributed by atoms with Crippen LogP contribution >= 0.6 is 0 Å². The molecule has 2 aliphatic heterocycles. The van der Waals surface area contributed by atoms with Gasteiger partial charge in [-0.15, -0.1) is 5.10 Å². The largest absolute Gasteiger partial charge is 0.445 e. The lowest BCUT2D eigenvalue weighted by Crippen LogP contribution is -2.40. The van der Waals surface area contributed by atoms with E-state index >= 15 is 0 Å². The second-order valence-corrected chi connectivity index (χ2v) is 8.76. The van der Waals surface area contributed by atoms with Crippen LogP contribution in [-0.2, 0) is 11.3 Å². The molecule has 2 aromatic heterocycles. The van der Waals surface area contributed by atoms with Gasteiger partial charge in [0.15, 0.2) is 5.65 Å². The number of piperidine rings is 1. The van der Waals surface area contributed by atoms with Crippen molar-refractivity contribution < 1.29 is 9.53 Å². The number of carbonyl (C=O) groups is 1. The molecule has 7 heteroatoms. The molecule has 0 aliphatic carbocycles. The van der Waals surface area contributed by atoms with Crippen LogP contribution in [0.1, 0.15) is 30.0 Å². The highest BCUT2D eigenvalue weighted by Crippen LogP contribution is 2.45. The number of ether oxygens (including phenoxy) is 1. The van der Waals surface area contributed by atoms with Gasteiger partial charge >= 0.3 is 6.09 Å². The molecule has 33 heavy (non-hydrogen) atoms. The maximum absolute atomic E-state index is 12.6. The van der Waals surface area contributed by atoms with E-state index in [0.29, 0.717) is 25.6 Å². The number of aromatic amines is 1. The topological polar surface area (TPSA) is 83.1 Å². The van der Waals surface area contributed by atoms with E-state index in [4.69, 9.17) is 4.74 Å². The summed E-state index contributed by atoms with van der Waals surface area (Å²) in [6, 6.07) is 18.3. The molecule has 166 valence electrons. The van der Waals surface area contributed by atoms with E-state index in [1.54, 1.807) is 0 Å². The molecule has 2 aromatic carbocycles. The van der Waals surface area contributed by atoms with E-state index < -0.39 is 0 Å². The standard InChI is InChI=1S/C26H25N5O2/c32-26(33-16-17-6-2-1-3-7-17)31-12-10-18(11-13-31)24-21-14-27-25-23(21)20(15-28-30-25)19-8-4-5-9-22(19)29-24/h1-9,14-15,18,24,29H,10-13,16H2,(H,27,30). The summed E-state index contributed by atoms with van der Waals surface area (Å²) >= 11 is 0. The maximum Gasteiger partial charge on any atom is 0.410 e. The Labute approximate surface area is 191 Å². The summed E-state index contributed by atoms with van der Waals surface area (Å²) in [6.45, 7) is 1.68. The van der Waals surface area contributed by atoms with Gasteiger partial charge in [0.05, 0.1) is 12.2 Å². The van der Waals surface area contributed by atoms with Gasteiger partial charge in [-0.25, -0.2) is 4.79 Å². The molecule has 0 radical (unpaired) electrons. The van der Waals surface area contributed by atoms with Gasteiger partial charge in [-0.3, -0.25) is 0 Å². The van der Waals surface area contributed by atoms with Crippen molar-refractivity contribution in [3.05, 3.63) is 78.1 Å². The molecule has 2 aliphatic rings. The van der Waals surface area contributed by atoms with Crippen LogP contribution in [0.5, 0.6) is 0 Å². The number of nitrogens with one attached hydrogen (secondary N) is 2. The molecule has 4 aromatic rings. The number of para-hydroxylation sites is 1. The maximum atomic E-state index is 12.6. The summed E-state index contributed by atoms with van der Waals surface area (Å²) in [5, 5.41) is 13.5. The SMILES string of the molecule is O=C(OCc1ccccc1)N1CCC(C2Nc3ccccc3-c3cnnc4[nH]cc2c34)CC1. The van der Waals surface area contributed by atoms with Crippen LogP contribution in [0.15, 0.2) is 67.0 Å². The van der Waals surface area contributed by atoms with Crippen LogP contribution in [0.25, 0.3) is 22.2 Å². The molecule has 1 unspecified atom stereocenters. The molecule has 2 N–H and O–H groups in total. The number of fused-ring (bicyclic) bond motifs is 2. The summed E-state index contributed by atoms with van der Waals surface area (Å²) in [7, 11) is 0. The second-order valence-electron chi connectivity index (χ2n) is 8.76. The molecule has 7 nitrogen and oxygen atoms in total. The van der Waals surface area contributed by atoms with Crippen LogP contribution in [0.3, 0.4) is 0 Å². The monoisotopic (exact) mass is 439 g/mol. The number of hydrogen-bond acceptors (Lipinski definition) is 5. The highest BCUT2D eigenvalue weighted by molar-refractivity contribution is 6.00. The highest BCUT2D eigenvalue weighted by Gasteiger charge is 2.34. The number of carbonyl (C=O) groups excluding carboxylic acids is 1. The van der Waals surface area contributed by atoms with E-state index in [1.807, 2.05) is 41.4 Å². The van der Waals surface area contributed by atoms with Crippen molar-refractivity contribution in [3.63, 3.8) is 0 Å². The molecular formula is C26H25N5O2. The van der Waals surface area contributed by atoms with Crippen LogP contribution in [0.2, 0.25) is 0 Å². The fraction of sp³-hybridized carbons (Fsp3) is 0.269. The zero-order chi connectivity index (χ0) is 22.2. The highest BCUT2D eigenvalue weighted by atomic mass is 16.6. The molecule has 4 heterocycles. The zero-order valence-electron chi connectivity index (χ0n) is 18.2. The van der Waals surface area contributed by atoms with Crippen molar-refractivity contribution in [1.29, 1.82) is 0 Å². The summed E-state index contributed by atoms with van der Waals surface area (Å²) in [5.74, 6) is 0.384. The van der Waals surface area contributed by atoms with Gasteiger partial charge < -0.3 is 19.9 Å². The Kier molecular flexibility index (Phi) is 4.94. The first-order valence-electron chi connectivity index (χ1n) is 11.4. The Morgan fingerprint density at radius 2 is 1.82 bits per heavy atom. The predicted octanol–water partition coefficient (Wildman–Crippen LogP) is 5.14. The van der Waals surface area contributed by atoms with Crippen LogP contribution < -0.4 is 5.32 Å². The zero-order valence-corrected chi connectivity index (χ0v) is 18.2. The summed E-state index contributed by atoms with van der Waals surface area (Å²) in [4.78, 5) is 17.8. The number of nitrogens with zero attached hydrogens (tertiary/aromatic N) is 3. The molecule has 0 bridgehead atoms. The van der Waals surface area contributed by atoms with E-state index in [-0.39, 0.29) is 12.1 Å². The lowest BCUT2D eigenvalue weighted by Gasteiger charge is -2.36. The Morgan fingerprint density at radius 1 is 1.03 bits per heavy atom. The Hall–Kier alpha value is -3.87. The number of rotatable bonds is 3. The second kappa shape index (κ2) is 8.24. The number of anilines is 1. The van der Waals surface area contributed by atoms with Gasteiger partial charge in [-0.05, 0) is 30.4 Å². The first kappa shape index (κ1) is 19.8. The number of amides is 1. The van der Waals surface area contributed by atoms with Crippen molar-refractivity contribution in [1.82, 2.24) is 20.1 Å². The van der Waals surface area contributed by atoms with E-state index in [0.717, 1.165) is 46.3 Å². The van der Waals surface area contributed by atoms with Crippen molar-refractivity contribution >= 4 is 22.8 Å². The third-order valence-electron chi connectivity index (χ3n) is 6.84. The summed E-state index contributed by atoms with van der Waals surface area (Å²) in [5.41, 5.74) is 6.38. The fourth-order valence-electron chi connectivity index (χ4n) is 5.13. The first-order chi connectivity index (χ1) is 16.3. The van der Waals surface area contributed by atoms with E-state index in [1.165, 1.54) is 5.56 Å². The molecule has 1 saturated heterocycles. The van der Waals surface area contributed by atoms with E-state index in [9.17, 15) is 4.79 Å². The number of likely N-dealkylation sites (tertiary alicyclic amines) is 1. The fourth-order valence-corrected chi connectivity index (χ4v) is 5.13. The minimum absolute atomic E-state index is 0.132. The lowest BCUT2D eigenvalue weighted by molar-refractivity contribution is 0.0805. The van der Waals surface area contributed by atoms with E-state index in [2.05, 4.69) is 51.0 Å². The molecule has 1 atom stereocenters. The number of H-pyrrole nitrogens is 1. The smallest absolute Gasteiger partial charge is 0.410 e. The Balaban J connectivity index is 1.20. The van der Waals surface area contributed by atoms with Gasteiger partial charge in [-0.2, -0.15) is 5.10 Å². The third-order valence-corrected chi connectivity index (χ3v) is 6.84. The quantitative estimate of drug-likeness (QED) is 0.462. The van der Waals surface area contributed by atoms with Crippen molar-refractivity contribution in [2.75, 3.05) is 18.4 Å². The molecule has 0 saturated carbocycles. The molecular weight excluding hydrogens is 414 g/mol. The van der Waals surface area contributed by atoms with Gasteiger partial charge in [0.25, 0.3) is 0 Å². The van der Waals surface area contributed by atoms with Crippen molar-refractivity contribution in [2.24, 2.45) is 5.92 Å². The van der Waals surface area contributed by atoms with Crippen LogP contribution in [0.4, 0.5) is 10.5 Å². The van der Waals surface area contributed by atoms with Gasteiger partial charge in [0.1, 0.15) is 6.61 Å². The minimum atomic E-state index is -0.235. The number of aromatic nitrogens is 3. The van der Waals surface area contributed by atoms with Crippen LogP contribution in [0, 0.1) is 5.92 Å². The molecule has 1 amide bonds. The van der Waals surface area contributed by atoms with Gasteiger partial charge in [0.2, 0.25) is 0 Å². The predicted molar refractivity (Wildman–Crippen MR) is 127 cm³/mol. The van der Waals surface area contributed by atoms with Crippen molar-refractivity contribution in [2.45, 2.75) is 25.5 Å². The van der Waals surface area contributed by atoms with Crippen molar-refractivity contribution in [3.8, 4) is 11.1 Å². The summed E-state index contributed by atoms with van der Waals surface area (Å²) < 4.78 is 5.55. The number of benzene rings is 2. The first-order valence-corrected chi connectivity index (χ1v) is 11.4. The van der Waals surface area contributed by atoms with Gasteiger partial charge in [0, 0.05) is 47.1 Å². The molecule has 1 fully saturated rings. The normalized spacial score (nSPS) is 17.8. The summed E-state index contributed by atoms with van der Waals surface area (Å²) in [6.07, 6.45) is 5.49. The lowest BCUT2D eigenvalue weighted by atomic mass is 9.85. The Bertz CT molecular complexity index is 1290. The average molecular weight is 440 g/mol. The third kappa shape index (κ3) is 3.59. The Morgan fingerprint density at radius 3 is 2.67 bits per heavy atom. The molecule has 0 spiro atoms. The minimum Gasteiger partial charge on any atom is -0.445 e. The average Bonchev–Trinajstić information content (AvgIpc) is 3.25. The number of hydrogen-bond donors (Lipinski definition) is 2. The van der Waals surface area contributed by atoms with Crippen LogP contribution in [-0.4, -0.2) is 39.3 Å². The molecule has 6 rings (SSSR count). The van der Waals surface area contributed by atoms with Gasteiger partial charge in [-0.1, -0.05) is 48.5 Å².